The molecule has 0 aliphatic rings. The largest absolute Gasteiger partial charge is 2.00 e. The Bertz CT molecular complexity index is 2480. The van der Waals surface area contributed by atoms with Crippen molar-refractivity contribution in [2.24, 2.45) is 0 Å². The predicted molar refractivity (Wildman–Crippen MR) is 219 cm³/mol. The number of anilines is 5. The summed E-state index contributed by atoms with van der Waals surface area (Å²) in [6.45, 7) is 12.4. The number of aryl methyl sites for hydroxylation is 3. The Morgan fingerprint density at radius 2 is 1.26 bits per heavy atom. The summed E-state index contributed by atoms with van der Waals surface area (Å²) >= 11 is 0. The smallest absolute Gasteiger partial charge is 0.500 e. The summed E-state index contributed by atoms with van der Waals surface area (Å²) in [5.41, 5.74) is 8.35. The van der Waals surface area contributed by atoms with E-state index < -0.39 is 23.2 Å². The van der Waals surface area contributed by atoms with Gasteiger partial charge in [-0.05, 0) is 102 Å². The van der Waals surface area contributed by atoms with Crippen molar-refractivity contribution in [3.8, 4) is 33.9 Å². The van der Waals surface area contributed by atoms with E-state index in [1.807, 2.05) is 116 Å². The van der Waals surface area contributed by atoms with E-state index in [-0.39, 0.29) is 42.8 Å². The van der Waals surface area contributed by atoms with Gasteiger partial charge >= 0.3 is 20.4 Å². The van der Waals surface area contributed by atoms with Crippen molar-refractivity contribution in [3.63, 3.8) is 0 Å². The molecule has 5 aromatic carbocycles. The Labute approximate surface area is 346 Å². The minimum atomic E-state index is -1.70. The molecular formula is C48H41F3N4OPd. The average Bonchev–Trinajstić information content (AvgIpc) is 3.18. The van der Waals surface area contributed by atoms with E-state index in [0.717, 1.165) is 44.8 Å². The fourth-order valence-corrected chi connectivity index (χ4v) is 6.92. The van der Waals surface area contributed by atoms with Gasteiger partial charge in [-0.25, -0.2) is 9.37 Å². The molecule has 0 unspecified atom stereocenters. The number of rotatable bonds is 9. The molecule has 0 spiro atoms. The Morgan fingerprint density at radius 1 is 0.649 bits per heavy atom. The van der Waals surface area contributed by atoms with Crippen LogP contribution in [0.3, 0.4) is 0 Å². The molecule has 7 rings (SSSR count). The molecule has 2 heterocycles. The Balaban J connectivity index is 0.00000549. The number of ether oxygens (including phenoxy) is 1. The second-order valence-corrected chi connectivity index (χ2v) is 14.9. The second kappa shape index (κ2) is 16.8. The molecule has 0 radical (unpaired) electrons. The fourth-order valence-electron chi connectivity index (χ4n) is 6.92. The molecule has 0 N–H and O–H groups in total. The molecule has 0 saturated carbocycles. The first-order chi connectivity index (χ1) is 26.8. The van der Waals surface area contributed by atoms with Crippen LogP contribution in [0.25, 0.3) is 22.4 Å². The normalized spacial score (nSPS) is 11.2. The summed E-state index contributed by atoms with van der Waals surface area (Å²) in [7, 11) is 1.85. The predicted octanol–water partition coefficient (Wildman–Crippen LogP) is 13.1. The number of nitrogens with zero attached hydrogens (tertiary/aromatic N) is 4. The van der Waals surface area contributed by atoms with Crippen LogP contribution in [0.5, 0.6) is 11.5 Å². The van der Waals surface area contributed by atoms with Crippen LogP contribution in [0.1, 0.15) is 43.0 Å². The summed E-state index contributed by atoms with van der Waals surface area (Å²) in [5.74, 6) is -4.61. The maximum absolute atomic E-state index is 15.8. The van der Waals surface area contributed by atoms with Crippen LogP contribution >= 0.6 is 0 Å². The first-order valence-corrected chi connectivity index (χ1v) is 18.3. The van der Waals surface area contributed by atoms with Gasteiger partial charge in [-0.1, -0.05) is 104 Å². The van der Waals surface area contributed by atoms with E-state index in [1.54, 1.807) is 24.4 Å². The number of hydrogen-bond acceptors (Lipinski definition) is 5. The van der Waals surface area contributed by atoms with Crippen molar-refractivity contribution >= 4 is 28.6 Å². The third-order valence-electron chi connectivity index (χ3n) is 9.65. The van der Waals surface area contributed by atoms with E-state index >= 15 is 13.2 Å². The summed E-state index contributed by atoms with van der Waals surface area (Å²) < 4.78 is 53.1. The van der Waals surface area contributed by atoms with Crippen molar-refractivity contribution in [2.75, 3.05) is 16.8 Å². The fraction of sp³-hybridized carbons (Fsp3) is 0.167. The van der Waals surface area contributed by atoms with Gasteiger partial charge in [-0.2, -0.15) is 0 Å². The van der Waals surface area contributed by atoms with Crippen LogP contribution in [0.15, 0.2) is 122 Å². The summed E-state index contributed by atoms with van der Waals surface area (Å²) in [5, 5.41) is 0. The number of pyridine rings is 2. The van der Waals surface area contributed by atoms with Crippen LogP contribution in [0, 0.1) is 50.4 Å². The minimum absolute atomic E-state index is 0. The van der Waals surface area contributed by atoms with Gasteiger partial charge in [0.2, 0.25) is 0 Å². The van der Waals surface area contributed by atoms with Crippen molar-refractivity contribution in [1.29, 1.82) is 0 Å². The minimum Gasteiger partial charge on any atom is -0.500 e. The van der Waals surface area contributed by atoms with E-state index in [9.17, 15) is 0 Å². The Kier molecular flexibility index (Phi) is 12.0. The van der Waals surface area contributed by atoms with E-state index in [0.29, 0.717) is 17.2 Å². The topological polar surface area (TPSA) is 41.5 Å². The van der Waals surface area contributed by atoms with Crippen LogP contribution < -0.4 is 14.5 Å². The van der Waals surface area contributed by atoms with E-state index in [2.05, 4.69) is 55.0 Å². The summed E-state index contributed by atoms with van der Waals surface area (Å²) in [6, 6.07) is 40.5. The van der Waals surface area contributed by atoms with E-state index in [4.69, 9.17) is 4.74 Å². The Morgan fingerprint density at radius 3 is 1.88 bits per heavy atom. The summed E-state index contributed by atoms with van der Waals surface area (Å²) in [4.78, 5) is 12.9. The number of halogens is 3. The van der Waals surface area contributed by atoms with Gasteiger partial charge in [0.25, 0.3) is 0 Å². The zero-order chi connectivity index (χ0) is 39.7. The maximum atomic E-state index is 15.8. The molecule has 0 aliphatic heterocycles. The molecule has 290 valence electrons. The third-order valence-corrected chi connectivity index (χ3v) is 9.65. The Hall–Kier alpha value is -5.75. The first-order valence-electron chi connectivity index (χ1n) is 18.3. The van der Waals surface area contributed by atoms with Crippen molar-refractivity contribution in [3.05, 3.63) is 173 Å². The molecule has 0 saturated heterocycles. The van der Waals surface area contributed by atoms with Crippen molar-refractivity contribution in [1.82, 2.24) is 9.97 Å². The van der Waals surface area contributed by atoms with Crippen LogP contribution in [-0.4, -0.2) is 17.0 Å². The zero-order valence-corrected chi connectivity index (χ0v) is 34.2. The van der Waals surface area contributed by atoms with Gasteiger partial charge in [0, 0.05) is 36.6 Å². The monoisotopic (exact) mass is 852 g/mol. The standard InChI is InChI=1S/C48H41F3N4O.Pd/c1-30-22-31(2)44(32(3)23-30)33-18-20-52-41(24-33)40-29-42(46(50)47(51)45(40)49)56-39-27-37(54(7)43-25-34(19-21-53-43)48(4,5)6)26-38(28-39)55(35-14-10-8-11-15-35)36-16-12-9-13-17-36;/h8-26,28H,1-7H3;/q-2;+2. The molecule has 0 fully saturated rings. The zero-order valence-electron chi connectivity index (χ0n) is 32.7. The number of hydrogen-bond donors (Lipinski definition) is 0. The average molecular weight is 853 g/mol. The van der Waals surface area contributed by atoms with Crippen molar-refractivity contribution in [2.45, 2.75) is 47.0 Å². The molecule has 5 nitrogen and oxygen atoms in total. The molecular weight excluding hydrogens is 812 g/mol. The summed E-state index contributed by atoms with van der Waals surface area (Å²) in [6.07, 6.45) is 3.27. The SMILES string of the molecule is Cc1cc(C)c(-c2ccnc(-c3[c-]c(Oc4[c-]c(N(C)c5cc(C(C)(C)C)ccn5)cc(N(c5ccccc5)c5ccccc5)c4)c(F)c(F)c3F)c2)c(C)c1.[Pd+2]. The quantitative estimate of drug-likeness (QED) is 0.0822. The molecule has 2 aromatic heterocycles. The third kappa shape index (κ3) is 8.66. The van der Waals surface area contributed by atoms with Crippen molar-refractivity contribution < 1.29 is 38.3 Å². The molecule has 9 heteroatoms. The van der Waals surface area contributed by atoms with E-state index in [1.165, 1.54) is 6.20 Å². The van der Waals surface area contributed by atoms with Crippen LogP contribution in [0.2, 0.25) is 0 Å². The molecule has 0 atom stereocenters. The van der Waals surface area contributed by atoms with Gasteiger partial charge in [0.15, 0.2) is 0 Å². The number of aromatic nitrogens is 2. The van der Waals surface area contributed by atoms with Gasteiger partial charge in [0.1, 0.15) is 17.5 Å². The van der Waals surface area contributed by atoms with Gasteiger partial charge < -0.3 is 19.5 Å². The van der Waals surface area contributed by atoms with Gasteiger partial charge in [-0.3, -0.25) is 8.78 Å². The molecule has 57 heavy (non-hydrogen) atoms. The van der Waals surface area contributed by atoms with Gasteiger partial charge in [0.05, 0.1) is 11.6 Å². The van der Waals surface area contributed by atoms with Crippen LogP contribution in [0.4, 0.5) is 41.7 Å². The molecule has 7 aromatic rings. The first kappa shape index (κ1) is 40.9. The second-order valence-electron chi connectivity index (χ2n) is 14.9. The molecule has 0 aliphatic carbocycles. The molecule has 0 amide bonds. The maximum Gasteiger partial charge on any atom is 2.00 e. The number of benzene rings is 5. The number of para-hydroxylation sites is 2. The van der Waals surface area contributed by atoms with Gasteiger partial charge in [-0.15, -0.1) is 18.2 Å². The molecule has 0 bridgehead atoms. The van der Waals surface area contributed by atoms with Crippen LogP contribution in [-0.2, 0) is 25.8 Å².